The molecule has 2 aromatic rings. The summed E-state index contributed by atoms with van der Waals surface area (Å²) in [6.45, 7) is 3.36. The molecule has 1 fully saturated rings. The summed E-state index contributed by atoms with van der Waals surface area (Å²) in [6.07, 6.45) is 4.08. The summed E-state index contributed by atoms with van der Waals surface area (Å²) in [4.78, 5) is 30.9. The Morgan fingerprint density at radius 3 is 2.66 bits per heavy atom. The standard InChI is InChI=1S/C23H28N4O4S/c1-17-9-12-26(13-10-17)32(30,31)20-6-7-21-18(14-20)5-8-23(29)27(21)16-22(28)25-15-19-4-2-3-11-24-19/h2-4,6-7,11,14,17H,5,8-10,12-13,15-16H2,1H3,(H,25,28). The number of rotatable bonds is 6. The summed E-state index contributed by atoms with van der Waals surface area (Å²) >= 11 is 0. The van der Waals surface area contributed by atoms with Crippen LogP contribution in [0.5, 0.6) is 0 Å². The highest BCUT2D eigenvalue weighted by Gasteiger charge is 2.31. The van der Waals surface area contributed by atoms with Gasteiger partial charge in [-0.3, -0.25) is 14.6 Å². The lowest BCUT2D eigenvalue weighted by Crippen LogP contribution is -2.43. The number of anilines is 1. The first-order chi connectivity index (χ1) is 15.3. The van der Waals surface area contributed by atoms with Gasteiger partial charge in [0.05, 0.1) is 17.1 Å². The molecule has 2 amide bonds. The van der Waals surface area contributed by atoms with Crippen molar-refractivity contribution in [2.24, 2.45) is 5.92 Å². The minimum absolute atomic E-state index is 0.116. The fourth-order valence-corrected chi connectivity index (χ4v) is 5.66. The highest BCUT2D eigenvalue weighted by atomic mass is 32.2. The van der Waals surface area contributed by atoms with E-state index in [4.69, 9.17) is 0 Å². The van der Waals surface area contributed by atoms with Gasteiger partial charge in [-0.25, -0.2) is 8.42 Å². The van der Waals surface area contributed by atoms with Crippen LogP contribution in [-0.4, -0.2) is 49.2 Å². The molecule has 0 unspecified atom stereocenters. The molecule has 8 nitrogen and oxygen atoms in total. The Bertz CT molecular complexity index is 1100. The molecule has 3 heterocycles. The second kappa shape index (κ2) is 9.38. The van der Waals surface area contributed by atoms with Crippen molar-refractivity contribution in [3.63, 3.8) is 0 Å². The largest absolute Gasteiger partial charge is 0.349 e. The maximum atomic E-state index is 13.1. The van der Waals surface area contributed by atoms with Gasteiger partial charge >= 0.3 is 0 Å². The Labute approximate surface area is 188 Å². The predicted octanol–water partition coefficient (Wildman–Crippen LogP) is 2.10. The van der Waals surface area contributed by atoms with Crippen molar-refractivity contribution in [3.8, 4) is 0 Å². The van der Waals surface area contributed by atoms with Crippen molar-refractivity contribution >= 4 is 27.5 Å². The van der Waals surface area contributed by atoms with Crippen LogP contribution in [0.3, 0.4) is 0 Å². The molecule has 170 valence electrons. The molecule has 0 spiro atoms. The second-order valence-corrected chi connectivity index (χ2v) is 10.4. The number of aromatic nitrogens is 1. The van der Waals surface area contributed by atoms with Crippen LogP contribution in [-0.2, 0) is 32.6 Å². The molecule has 2 aliphatic heterocycles. The Kier molecular flexibility index (Phi) is 6.57. The van der Waals surface area contributed by atoms with Crippen molar-refractivity contribution in [2.75, 3.05) is 24.5 Å². The minimum Gasteiger partial charge on any atom is -0.349 e. The zero-order chi connectivity index (χ0) is 22.7. The van der Waals surface area contributed by atoms with Crippen molar-refractivity contribution in [1.29, 1.82) is 0 Å². The summed E-state index contributed by atoms with van der Waals surface area (Å²) in [5.41, 5.74) is 2.10. The fraction of sp³-hybridized carbons (Fsp3) is 0.435. The number of pyridine rings is 1. The first-order valence-corrected chi connectivity index (χ1v) is 12.4. The number of carbonyl (C=O) groups excluding carboxylic acids is 2. The van der Waals surface area contributed by atoms with Crippen molar-refractivity contribution < 1.29 is 18.0 Å². The molecule has 0 atom stereocenters. The number of amides is 2. The molecule has 9 heteroatoms. The van der Waals surface area contributed by atoms with Crippen LogP contribution in [0.15, 0.2) is 47.5 Å². The number of carbonyl (C=O) groups is 2. The van der Waals surface area contributed by atoms with Gasteiger partial charge in [0.25, 0.3) is 0 Å². The number of nitrogens with zero attached hydrogens (tertiary/aromatic N) is 3. The summed E-state index contributed by atoms with van der Waals surface area (Å²) in [7, 11) is -3.57. The van der Waals surface area contributed by atoms with Gasteiger partial charge in [0.2, 0.25) is 21.8 Å². The van der Waals surface area contributed by atoms with Crippen LogP contribution in [0.4, 0.5) is 5.69 Å². The zero-order valence-electron chi connectivity index (χ0n) is 18.2. The lowest BCUT2D eigenvalue weighted by molar-refractivity contribution is -0.124. The summed E-state index contributed by atoms with van der Waals surface area (Å²) < 4.78 is 27.7. The first-order valence-electron chi connectivity index (χ1n) is 10.9. The fourth-order valence-electron chi connectivity index (χ4n) is 4.14. The Hall–Kier alpha value is -2.78. The lowest BCUT2D eigenvalue weighted by Gasteiger charge is -2.31. The Morgan fingerprint density at radius 2 is 1.94 bits per heavy atom. The average Bonchev–Trinajstić information content (AvgIpc) is 2.80. The van der Waals surface area contributed by atoms with Crippen molar-refractivity contribution in [3.05, 3.63) is 53.9 Å². The van der Waals surface area contributed by atoms with E-state index in [1.807, 2.05) is 12.1 Å². The maximum absolute atomic E-state index is 13.1. The molecule has 0 saturated carbocycles. The van der Waals surface area contributed by atoms with Crippen LogP contribution in [0.25, 0.3) is 0 Å². The van der Waals surface area contributed by atoms with Crippen LogP contribution < -0.4 is 10.2 Å². The SMILES string of the molecule is CC1CCN(S(=O)(=O)c2ccc3c(c2)CCC(=O)N3CC(=O)NCc2ccccn2)CC1. The minimum atomic E-state index is -3.57. The van der Waals surface area contributed by atoms with E-state index in [1.54, 1.807) is 34.8 Å². The molecule has 1 aromatic heterocycles. The van der Waals surface area contributed by atoms with Crippen LogP contribution >= 0.6 is 0 Å². The smallest absolute Gasteiger partial charge is 0.243 e. The first kappa shape index (κ1) is 22.4. The van der Waals surface area contributed by atoms with E-state index in [2.05, 4.69) is 17.2 Å². The highest BCUT2D eigenvalue weighted by Crippen LogP contribution is 2.32. The van der Waals surface area contributed by atoms with E-state index in [0.29, 0.717) is 31.1 Å². The highest BCUT2D eigenvalue weighted by molar-refractivity contribution is 7.89. The number of piperidine rings is 1. The van der Waals surface area contributed by atoms with Gasteiger partial charge in [0.15, 0.2) is 0 Å². The molecule has 0 radical (unpaired) electrons. The molecule has 1 aromatic carbocycles. The van der Waals surface area contributed by atoms with Gasteiger partial charge in [-0.05, 0) is 61.1 Å². The van der Waals surface area contributed by atoms with Gasteiger partial charge in [-0.15, -0.1) is 0 Å². The molecular weight excluding hydrogens is 428 g/mol. The van der Waals surface area contributed by atoms with Gasteiger partial charge in [0, 0.05) is 31.4 Å². The predicted molar refractivity (Wildman–Crippen MR) is 120 cm³/mol. The topological polar surface area (TPSA) is 99.7 Å². The van der Waals surface area contributed by atoms with E-state index in [9.17, 15) is 18.0 Å². The van der Waals surface area contributed by atoms with Gasteiger partial charge in [-0.1, -0.05) is 13.0 Å². The van der Waals surface area contributed by atoms with Crippen molar-refractivity contribution in [1.82, 2.24) is 14.6 Å². The van der Waals surface area contributed by atoms with Crippen LogP contribution in [0.2, 0.25) is 0 Å². The zero-order valence-corrected chi connectivity index (χ0v) is 19.0. The van der Waals surface area contributed by atoms with E-state index >= 15 is 0 Å². The van der Waals surface area contributed by atoms with Crippen LogP contribution in [0.1, 0.15) is 37.4 Å². The quantitative estimate of drug-likeness (QED) is 0.718. The number of sulfonamides is 1. The van der Waals surface area contributed by atoms with Gasteiger partial charge in [0.1, 0.15) is 6.54 Å². The van der Waals surface area contributed by atoms with E-state index in [-0.39, 0.29) is 36.2 Å². The third-order valence-corrected chi connectivity index (χ3v) is 8.02. The van der Waals surface area contributed by atoms with E-state index in [0.717, 1.165) is 24.1 Å². The molecule has 1 N–H and O–H groups in total. The molecule has 4 rings (SSSR count). The maximum Gasteiger partial charge on any atom is 0.243 e. The number of benzene rings is 1. The summed E-state index contributed by atoms with van der Waals surface area (Å²) in [6, 6.07) is 10.3. The third kappa shape index (κ3) is 4.83. The van der Waals surface area contributed by atoms with E-state index in [1.165, 1.54) is 4.90 Å². The average molecular weight is 457 g/mol. The molecule has 0 bridgehead atoms. The second-order valence-electron chi connectivity index (χ2n) is 8.45. The molecular formula is C23H28N4O4S. The van der Waals surface area contributed by atoms with Crippen LogP contribution in [0, 0.1) is 5.92 Å². The molecule has 1 saturated heterocycles. The number of fused-ring (bicyclic) bond motifs is 1. The van der Waals surface area contributed by atoms with Crippen molar-refractivity contribution in [2.45, 2.75) is 44.0 Å². The number of hydrogen-bond donors (Lipinski definition) is 1. The Balaban J connectivity index is 1.48. The summed E-state index contributed by atoms with van der Waals surface area (Å²) in [5, 5.41) is 2.78. The third-order valence-electron chi connectivity index (χ3n) is 6.13. The normalized spacial score (nSPS) is 17.8. The number of nitrogens with one attached hydrogen (secondary N) is 1. The Morgan fingerprint density at radius 1 is 1.16 bits per heavy atom. The number of hydrogen-bond acceptors (Lipinski definition) is 5. The summed E-state index contributed by atoms with van der Waals surface area (Å²) in [5.74, 6) is 0.0930. The lowest BCUT2D eigenvalue weighted by atomic mass is 10.0. The molecule has 0 aliphatic carbocycles. The van der Waals surface area contributed by atoms with Gasteiger partial charge in [-0.2, -0.15) is 4.31 Å². The van der Waals surface area contributed by atoms with E-state index < -0.39 is 10.0 Å². The number of aryl methyl sites for hydroxylation is 1. The van der Waals surface area contributed by atoms with Gasteiger partial charge < -0.3 is 10.2 Å². The molecule has 32 heavy (non-hydrogen) atoms. The molecule has 2 aliphatic rings. The monoisotopic (exact) mass is 456 g/mol.